The van der Waals surface area contributed by atoms with Crippen LogP contribution in [0.1, 0.15) is 33.1 Å². The van der Waals surface area contributed by atoms with Crippen LogP contribution in [0.15, 0.2) is 0 Å². The number of aliphatic hydroxyl groups is 2. The van der Waals surface area contributed by atoms with Gasteiger partial charge in [0.05, 0.1) is 5.60 Å². The quantitative estimate of drug-likeness (QED) is 0.620. The van der Waals surface area contributed by atoms with Crippen LogP contribution < -0.4 is 0 Å². The maximum atomic E-state index is 10.0. The molecule has 0 aromatic heterocycles. The third-order valence-electron chi connectivity index (χ3n) is 4.34. The molecule has 4 atom stereocenters. The zero-order chi connectivity index (χ0) is 8.98. The molecule has 3 aliphatic carbocycles. The Morgan fingerprint density at radius 3 is 2.42 bits per heavy atom. The van der Waals surface area contributed by atoms with Gasteiger partial charge in [0.25, 0.3) is 0 Å². The lowest BCUT2D eigenvalue weighted by Gasteiger charge is -2.63. The second-order valence-corrected chi connectivity index (χ2v) is 5.04. The van der Waals surface area contributed by atoms with E-state index < -0.39 is 5.60 Å². The van der Waals surface area contributed by atoms with Gasteiger partial charge in [-0.05, 0) is 43.4 Å². The summed E-state index contributed by atoms with van der Waals surface area (Å²) in [5.74, 6) is 0.987. The second kappa shape index (κ2) is 2.24. The van der Waals surface area contributed by atoms with Crippen molar-refractivity contribution in [1.29, 1.82) is 0 Å². The molecule has 0 aromatic rings. The van der Waals surface area contributed by atoms with Gasteiger partial charge in [0, 0.05) is 6.61 Å². The Morgan fingerprint density at radius 2 is 2.08 bits per heavy atom. The molecule has 3 saturated carbocycles. The Kier molecular flexibility index (Phi) is 1.59. The van der Waals surface area contributed by atoms with Gasteiger partial charge in [0.1, 0.15) is 0 Å². The van der Waals surface area contributed by atoms with Gasteiger partial charge in [-0.15, -0.1) is 0 Å². The smallest absolute Gasteiger partial charge is 0.0654 e. The molecule has 0 spiro atoms. The zero-order valence-corrected chi connectivity index (χ0v) is 7.88. The van der Waals surface area contributed by atoms with E-state index in [-0.39, 0.29) is 12.0 Å². The molecule has 2 N–H and O–H groups in total. The summed E-state index contributed by atoms with van der Waals surface area (Å²) in [6.45, 7) is 4.26. The van der Waals surface area contributed by atoms with E-state index in [1.807, 2.05) is 6.92 Å². The van der Waals surface area contributed by atoms with E-state index in [2.05, 4.69) is 6.92 Å². The number of rotatable bonds is 1. The molecular formula is C10H18O2. The van der Waals surface area contributed by atoms with Crippen LogP contribution in [0, 0.1) is 17.3 Å². The van der Waals surface area contributed by atoms with Gasteiger partial charge in [-0.2, -0.15) is 0 Å². The van der Waals surface area contributed by atoms with Gasteiger partial charge >= 0.3 is 0 Å². The topological polar surface area (TPSA) is 40.5 Å². The minimum atomic E-state index is -0.522. The third kappa shape index (κ3) is 0.826. The summed E-state index contributed by atoms with van der Waals surface area (Å²) in [5.41, 5.74) is -0.506. The fraction of sp³-hybridized carbons (Fsp3) is 1.00. The molecule has 3 fully saturated rings. The normalized spacial score (nSPS) is 58.0. The van der Waals surface area contributed by atoms with E-state index in [1.54, 1.807) is 0 Å². The maximum Gasteiger partial charge on any atom is 0.0654 e. The van der Waals surface area contributed by atoms with E-state index >= 15 is 0 Å². The molecule has 70 valence electrons. The molecule has 4 unspecified atom stereocenters. The second-order valence-electron chi connectivity index (χ2n) is 5.04. The highest BCUT2D eigenvalue weighted by Gasteiger charge is 2.60. The lowest BCUT2D eigenvalue weighted by atomic mass is 9.44. The molecule has 0 radical (unpaired) electrons. The highest BCUT2D eigenvalue weighted by atomic mass is 16.3. The Bertz CT molecular complexity index is 198. The summed E-state index contributed by atoms with van der Waals surface area (Å²) in [6.07, 6.45) is 3.11. The van der Waals surface area contributed by atoms with Crippen molar-refractivity contribution in [3.05, 3.63) is 0 Å². The number of aliphatic hydroxyl groups excluding tert-OH is 1. The third-order valence-corrected chi connectivity index (χ3v) is 4.34. The first-order chi connectivity index (χ1) is 5.50. The fourth-order valence-electron chi connectivity index (χ4n) is 3.24. The van der Waals surface area contributed by atoms with Crippen LogP contribution >= 0.6 is 0 Å². The molecule has 0 aliphatic heterocycles. The van der Waals surface area contributed by atoms with Crippen LogP contribution in [-0.2, 0) is 0 Å². The molecular weight excluding hydrogens is 152 g/mol. The minimum absolute atomic E-state index is 0.0156. The van der Waals surface area contributed by atoms with Crippen molar-refractivity contribution in [3.63, 3.8) is 0 Å². The largest absolute Gasteiger partial charge is 0.396 e. The maximum absolute atomic E-state index is 10.0. The SMILES string of the molecule is CC1(O)CCC2CC1C2(C)CO. The zero-order valence-electron chi connectivity index (χ0n) is 7.88. The molecule has 2 bridgehead atoms. The monoisotopic (exact) mass is 170 g/mol. The Hall–Kier alpha value is -0.0800. The molecule has 3 aliphatic rings. The van der Waals surface area contributed by atoms with E-state index in [4.69, 9.17) is 0 Å². The van der Waals surface area contributed by atoms with Gasteiger partial charge < -0.3 is 10.2 Å². The van der Waals surface area contributed by atoms with E-state index in [0.29, 0.717) is 11.8 Å². The van der Waals surface area contributed by atoms with Gasteiger partial charge in [0.2, 0.25) is 0 Å². The fourth-order valence-corrected chi connectivity index (χ4v) is 3.24. The van der Waals surface area contributed by atoms with Crippen LogP contribution in [0.3, 0.4) is 0 Å². The lowest BCUT2D eigenvalue weighted by Crippen LogP contribution is -2.62. The van der Waals surface area contributed by atoms with Crippen molar-refractivity contribution in [2.75, 3.05) is 6.61 Å². The summed E-state index contributed by atoms with van der Waals surface area (Å²) in [4.78, 5) is 0. The van der Waals surface area contributed by atoms with Crippen molar-refractivity contribution < 1.29 is 10.2 Å². The van der Waals surface area contributed by atoms with Gasteiger partial charge in [-0.25, -0.2) is 0 Å². The van der Waals surface area contributed by atoms with Crippen molar-refractivity contribution in [2.24, 2.45) is 17.3 Å². The Labute approximate surface area is 73.6 Å². The summed E-state index contributed by atoms with van der Waals surface area (Å²) in [7, 11) is 0. The highest BCUT2D eigenvalue weighted by Crippen LogP contribution is 2.62. The van der Waals surface area contributed by atoms with E-state index in [0.717, 1.165) is 19.3 Å². The number of fused-ring (bicyclic) bond motifs is 2. The standard InChI is InChI=1S/C10H18O2/c1-9(6-11)7-3-4-10(2,12)8(9)5-7/h7-8,11-12H,3-6H2,1-2H3. The first-order valence-corrected chi connectivity index (χ1v) is 4.84. The van der Waals surface area contributed by atoms with Crippen molar-refractivity contribution >= 4 is 0 Å². The number of hydrogen-bond donors (Lipinski definition) is 2. The average Bonchev–Trinajstić information content (AvgIpc) is 2.00. The Balaban J connectivity index is 2.22. The summed E-state index contributed by atoms with van der Waals surface area (Å²) in [5, 5.41) is 19.3. The van der Waals surface area contributed by atoms with E-state index in [9.17, 15) is 10.2 Å². The van der Waals surface area contributed by atoms with Crippen LogP contribution in [0.5, 0.6) is 0 Å². The van der Waals surface area contributed by atoms with Crippen molar-refractivity contribution in [1.82, 2.24) is 0 Å². The minimum Gasteiger partial charge on any atom is -0.396 e. The van der Waals surface area contributed by atoms with Gasteiger partial charge in [-0.3, -0.25) is 0 Å². The van der Waals surface area contributed by atoms with Crippen LogP contribution in [0.25, 0.3) is 0 Å². The lowest BCUT2D eigenvalue weighted by molar-refractivity contribution is -0.214. The Morgan fingerprint density at radius 1 is 1.42 bits per heavy atom. The van der Waals surface area contributed by atoms with Gasteiger partial charge in [-0.1, -0.05) is 6.92 Å². The molecule has 0 saturated heterocycles. The summed E-state index contributed by atoms with van der Waals surface area (Å²) in [6, 6.07) is 0. The molecule has 2 heteroatoms. The van der Waals surface area contributed by atoms with Gasteiger partial charge in [0.15, 0.2) is 0 Å². The van der Waals surface area contributed by atoms with E-state index in [1.165, 1.54) is 0 Å². The first-order valence-electron chi connectivity index (χ1n) is 4.84. The molecule has 3 rings (SSSR count). The average molecular weight is 170 g/mol. The predicted octanol–water partition coefficient (Wildman–Crippen LogP) is 1.17. The highest BCUT2D eigenvalue weighted by molar-refractivity contribution is 5.10. The summed E-state index contributed by atoms with van der Waals surface area (Å²) < 4.78 is 0. The predicted molar refractivity (Wildman–Crippen MR) is 46.6 cm³/mol. The van der Waals surface area contributed by atoms with Crippen LogP contribution in [-0.4, -0.2) is 22.4 Å². The first kappa shape index (κ1) is 8.52. The summed E-state index contributed by atoms with van der Waals surface area (Å²) >= 11 is 0. The molecule has 12 heavy (non-hydrogen) atoms. The molecule has 0 amide bonds. The van der Waals surface area contributed by atoms with Crippen molar-refractivity contribution in [3.8, 4) is 0 Å². The molecule has 0 heterocycles. The van der Waals surface area contributed by atoms with Crippen molar-refractivity contribution in [2.45, 2.75) is 38.7 Å². The molecule has 2 nitrogen and oxygen atoms in total. The van der Waals surface area contributed by atoms with Crippen LogP contribution in [0.2, 0.25) is 0 Å². The van der Waals surface area contributed by atoms with Crippen LogP contribution in [0.4, 0.5) is 0 Å². The molecule has 0 aromatic carbocycles. The number of hydrogen-bond acceptors (Lipinski definition) is 2.